The molecule has 0 spiro atoms. The second-order valence-electron chi connectivity index (χ2n) is 4.90. The molecule has 1 heterocycles. The maximum Gasteiger partial charge on any atom is 0.317 e. The lowest BCUT2D eigenvalue weighted by Gasteiger charge is -2.34. The summed E-state index contributed by atoms with van der Waals surface area (Å²) < 4.78 is 5.34. The van der Waals surface area contributed by atoms with Crippen molar-refractivity contribution < 1.29 is 14.6 Å². The molecule has 0 bridgehead atoms. The number of piperazine rings is 1. The Bertz CT molecular complexity index is 473. The maximum atomic E-state index is 10.7. The Hall–Kier alpha value is -1.30. The number of nitrogens with zero attached hydrogens (tertiary/aromatic N) is 2. The highest BCUT2D eigenvalue weighted by molar-refractivity contribution is 6.30. The van der Waals surface area contributed by atoms with Crippen LogP contribution in [0.2, 0.25) is 5.02 Å². The molecule has 0 aliphatic carbocycles. The molecular weight excluding hydrogens is 280 g/mol. The third-order valence-corrected chi connectivity index (χ3v) is 3.70. The van der Waals surface area contributed by atoms with Gasteiger partial charge in [-0.3, -0.25) is 14.6 Å². The first-order chi connectivity index (χ1) is 9.58. The topological polar surface area (TPSA) is 53.0 Å². The number of rotatable bonds is 5. The van der Waals surface area contributed by atoms with Gasteiger partial charge in [0, 0.05) is 43.3 Å². The molecule has 1 aliphatic heterocycles. The standard InChI is InChI=1S/C14H19ClN2O3/c1-20-13-3-2-12(15)8-11(13)9-16-4-6-17(7-5-16)10-14(18)19/h2-3,8H,4-7,9-10H2,1H3,(H,18,19). The Morgan fingerprint density at radius 1 is 1.30 bits per heavy atom. The molecule has 1 N–H and O–H groups in total. The van der Waals surface area contributed by atoms with E-state index in [4.69, 9.17) is 21.4 Å². The lowest BCUT2D eigenvalue weighted by atomic mass is 10.1. The molecule has 5 nitrogen and oxygen atoms in total. The summed E-state index contributed by atoms with van der Waals surface area (Å²) in [5.74, 6) is 0.0670. The number of carboxylic acid groups (broad SMARTS) is 1. The highest BCUT2D eigenvalue weighted by Gasteiger charge is 2.19. The number of hydrogen-bond donors (Lipinski definition) is 1. The van der Waals surface area contributed by atoms with Gasteiger partial charge in [-0.25, -0.2) is 0 Å². The van der Waals surface area contributed by atoms with Gasteiger partial charge in [0.15, 0.2) is 0 Å². The fourth-order valence-corrected chi connectivity index (χ4v) is 2.60. The number of methoxy groups -OCH3 is 1. The lowest BCUT2D eigenvalue weighted by Crippen LogP contribution is -2.47. The molecule has 6 heteroatoms. The van der Waals surface area contributed by atoms with Gasteiger partial charge in [0.1, 0.15) is 5.75 Å². The molecular formula is C14H19ClN2O3. The smallest absolute Gasteiger partial charge is 0.317 e. The first-order valence-corrected chi connectivity index (χ1v) is 6.95. The van der Waals surface area contributed by atoms with Gasteiger partial charge in [-0.05, 0) is 18.2 Å². The largest absolute Gasteiger partial charge is 0.496 e. The number of carboxylic acids is 1. The van der Waals surface area contributed by atoms with Crippen LogP contribution in [-0.4, -0.2) is 60.7 Å². The van der Waals surface area contributed by atoms with Crippen molar-refractivity contribution in [2.75, 3.05) is 39.8 Å². The Morgan fingerprint density at radius 3 is 2.55 bits per heavy atom. The summed E-state index contributed by atoms with van der Waals surface area (Å²) in [4.78, 5) is 14.9. The van der Waals surface area contributed by atoms with E-state index in [2.05, 4.69) is 4.90 Å². The van der Waals surface area contributed by atoms with Gasteiger partial charge in [-0.1, -0.05) is 11.6 Å². The highest BCUT2D eigenvalue weighted by Crippen LogP contribution is 2.24. The minimum atomic E-state index is -0.769. The molecule has 0 aromatic heterocycles. The molecule has 0 saturated carbocycles. The summed E-state index contributed by atoms with van der Waals surface area (Å²) in [5.41, 5.74) is 1.06. The molecule has 2 rings (SSSR count). The van der Waals surface area contributed by atoms with Crippen LogP contribution in [0.5, 0.6) is 5.75 Å². The van der Waals surface area contributed by atoms with Gasteiger partial charge in [-0.2, -0.15) is 0 Å². The first-order valence-electron chi connectivity index (χ1n) is 6.57. The van der Waals surface area contributed by atoms with Crippen molar-refractivity contribution >= 4 is 17.6 Å². The molecule has 1 aromatic carbocycles. The normalized spacial score (nSPS) is 17.1. The second kappa shape index (κ2) is 6.92. The van der Waals surface area contributed by atoms with Gasteiger partial charge >= 0.3 is 5.97 Å². The van der Waals surface area contributed by atoms with Gasteiger partial charge in [0.2, 0.25) is 0 Å². The fourth-order valence-electron chi connectivity index (χ4n) is 2.41. The van der Waals surface area contributed by atoms with Crippen molar-refractivity contribution in [2.45, 2.75) is 6.54 Å². The number of hydrogen-bond acceptors (Lipinski definition) is 4. The SMILES string of the molecule is COc1ccc(Cl)cc1CN1CCN(CC(=O)O)CC1. The molecule has 1 aliphatic rings. The molecule has 0 unspecified atom stereocenters. The van der Waals surface area contributed by atoms with Crippen LogP contribution in [0.4, 0.5) is 0 Å². The summed E-state index contributed by atoms with van der Waals surface area (Å²) in [5, 5.41) is 9.48. The summed E-state index contributed by atoms with van der Waals surface area (Å²) >= 11 is 6.02. The van der Waals surface area contributed by atoms with E-state index in [1.165, 1.54) is 0 Å². The van der Waals surface area contributed by atoms with Crippen molar-refractivity contribution in [3.05, 3.63) is 28.8 Å². The molecule has 0 radical (unpaired) electrons. The third-order valence-electron chi connectivity index (χ3n) is 3.46. The number of carbonyl (C=O) groups is 1. The van der Waals surface area contributed by atoms with E-state index >= 15 is 0 Å². The summed E-state index contributed by atoms with van der Waals surface area (Å²) in [6, 6.07) is 5.61. The van der Waals surface area contributed by atoms with E-state index in [1.807, 2.05) is 23.1 Å². The average molecular weight is 299 g/mol. The van der Waals surface area contributed by atoms with E-state index in [-0.39, 0.29) is 6.54 Å². The zero-order valence-corrected chi connectivity index (χ0v) is 12.3. The van der Waals surface area contributed by atoms with Gasteiger partial charge in [0.05, 0.1) is 13.7 Å². The van der Waals surface area contributed by atoms with Crippen molar-refractivity contribution in [1.82, 2.24) is 9.80 Å². The Morgan fingerprint density at radius 2 is 1.95 bits per heavy atom. The second-order valence-corrected chi connectivity index (χ2v) is 5.34. The molecule has 110 valence electrons. The number of ether oxygens (including phenoxy) is 1. The predicted octanol–water partition coefficient (Wildman–Crippen LogP) is 1.55. The van der Waals surface area contributed by atoms with Crippen LogP contribution in [0.1, 0.15) is 5.56 Å². The van der Waals surface area contributed by atoms with Crippen molar-refractivity contribution in [3.8, 4) is 5.75 Å². The van der Waals surface area contributed by atoms with Crippen LogP contribution < -0.4 is 4.74 Å². The van der Waals surface area contributed by atoms with Crippen LogP contribution in [0.25, 0.3) is 0 Å². The van der Waals surface area contributed by atoms with E-state index in [1.54, 1.807) is 7.11 Å². The lowest BCUT2D eigenvalue weighted by molar-refractivity contribution is -0.138. The van der Waals surface area contributed by atoms with Crippen LogP contribution in [0, 0.1) is 0 Å². The third kappa shape index (κ3) is 4.10. The van der Waals surface area contributed by atoms with Crippen LogP contribution >= 0.6 is 11.6 Å². The maximum absolute atomic E-state index is 10.7. The summed E-state index contributed by atoms with van der Waals surface area (Å²) in [6.07, 6.45) is 0. The van der Waals surface area contributed by atoms with E-state index in [9.17, 15) is 4.79 Å². The molecule has 0 atom stereocenters. The summed E-state index contributed by atoms with van der Waals surface area (Å²) in [7, 11) is 1.65. The van der Waals surface area contributed by atoms with Crippen LogP contribution in [0.15, 0.2) is 18.2 Å². The van der Waals surface area contributed by atoms with Gasteiger partial charge in [0.25, 0.3) is 0 Å². The van der Waals surface area contributed by atoms with E-state index in [0.29, 0.717) is 5.02 Å². The summed E-state index contributed by atoms with van der Waals surface area (Å²) in [6.45, 7) is 4.13. The average Bonchev–Trinajstić information content (AvgIpc) is 2.41. The van der Waals surface area contributed by atoms with Crippen LogP contribution in [0.3, 0.4) is 0 Å². The Labute approximate surface area is 123 Å². The predicted molar refractivity (Wildman–Crippen MR) is 77.4 cm³/mol. The number of benzene rings is 1. The Balaban J connectivity index is 1.92. The first kappa shape index (κ1) is 15.1. The quantitative estimate of drug-likeness (QED) is 0.894. The van der Waals surface area contributed by atoms with E-state index < -0.39 is 5.97 Å². The van der Waals surface area contributed by atoms with E-state index in [0.717, 1.165) is 44.0 Å². The molecule has 1 aromatic rings. The zero-order valence-electron chi connectivity index (χ0n) is 11.5. The zero-order chi connectivity index (χ0) is 14.5. The van der Waals surface area contributed by atoms with Gasteiger partial charge < -0.3 is 9.84 Å². The minimum Gasteiger partial charge on any atom is -0.496 e. The Kier molecular flexibility index (Phi) is 5.23. The monoisotopic (exact) mass is 298 g/mol. The number of aliphatic carboxylic acids is 1. The van der Waals surface area contributed by atoms with Crippen LogP contribution in [-0.2, 0) is 11.3 Å². The molecule has 1 saturated heterocycles. The van der Waals surface area contributed by atoms with Crippen molar-refractivity contribution in [3.63, 3.8) is 0 Å². The highest BCUT2D eigenvalue weighted by atomic mass is 35.5. The van der Waals surface area contributed by atoms with Crippen molar-refractivity contribution in [1.29, 1.82) is 0 Å². The molecule has 20 heavy (non-hydrogen) atoms. The van der Waals surface area contributed by atoms with Crippen molar-refractivity contribution in [2.24, 2.45) is 0 Å². The molecule has 1 fully saturated rings. The van der Waals surface area contributed by atoms with Gasteiger partial charge in [-0.15, -0.1) is 0 Å². The minimum absolute atomic E-state index is 0.119. The number of halogens is 1. The molecule has 0 amide bonds. The fraction of sp³-hybridized carbons (Fsp3) is 0.500.